The molecule has 0 saturated carbocycles. The summed E-state index contributed by atoms with van der Waals surface area (Å²) in [4.78, 5) is 18.4. The summed E-state index contributed by atoms with van der Waals surface area (Å²) in [6.45, 7) is 4.77. The Balaban J connectivity index is 1.53. The van der Waals surface area contributed by atoms with Crippen LogP contribution in [-0.2, 0) is 0 Å². The number of carbonyl (C=O) groups excluding carboxylic acids is 1. The first kappa shape index (κ1) is 21.2. The fraction of sp³-hybridized carbons (Fsp3) is 0.409. The SMILES string of the molecule is CSc1ccc(Cl)c(C(=O)NCCCN2CCN(C)C[C@H]2c2ccccc2)c1. The number of thioether (sulfide) groups is 1. The number of piperazine rings is 1. The molecule has 0 spiro atoms. The predicted octanol–water partition coefficient (Wildman–Crippen LogP) is 4.17. The maximum absolute atomic E-state index is 12.5. The molecule has 1 saturated heterocycles. The van der Waals surface area contributed by atoms with E-state index >= 15 is 0 Å². The third kappa shape index (κ3) is 5.51. The van der Waals surface area contributed by atoms with Crippen LogP contribution >= 0.6 is 23.4 Å². The van der Waals surface area contributed by atoms with Gasteiger partial charge in [0.05, 0.1) is 10.6 Å². The average Bonchev–Trinajstić information content (AvgIpc) is 2.73. The van der Waals surface area contributed by atoms with Crippen LogP contribution in [0.2, 0.25) is 5.02 Å². The number of amides is 1. The number of rotatable bonds is 7. The molecule has 1 aliphatic rings. The van der Waals surface area contributed by atoms with Crippen molar-refractivity contribution in [3.8, 4) is 0 Å². The lowest BCUT2D eigenvalue weighted by atomic mass is 10.0. The lowest BCUT2D eigenvalue weighted by Crippen LogP contribution is -2.47. The molecule has 150 valence electrons. The monoisotopic (exact) mass is 417 g/mol. The van der Waals surface area contributed by atoms with Gasteiger partial charge in [-0.05, 0) is 43.5 Å². The fourth-order valence-electron chi connectivity index (χ4n) is 3.60. The highest BCUT2D eigenvalue weighted by Crippen LogP contribution is 2.25. The summed E-state index contributed by atoms with van der Waals surface area (Å²) in [6.07, 6.45) is 2.91. The highest BCUT2D eigenvalue weighted by atomic mass is 35.5. The summed E-state index contributed by atoms with van der Waals surface area (Å²) in [5, 5.41) is 3.52. The van der Waals surface area contributed by atoms with Gasteiger partial charge in [0.25, 0.3) is 5.91 Å². The molecule has 0 bridgehead atoms. The minimum Gasteiger partial charge on any atom is -0.352 e. The maximum Gasteiger partial charge on any atom is 0.252 e. The zero-order chi connectivity index (χ0) is 19.9. The molecule has 28 heavy (non-hydrogen) atoms. The van der Waals surface area contributed by atoms with Crippen molar-refractivity contribution in [2.45, 2.75) is 17.4 Å². The number of nitrogens with zero attached hydrogens (tertiary/aromatic N) is 2. The summed E-state index contributed by atoms with van der Waals surface area (Å²) in [5.41, 5.74) is 1.91. The number of halogens is 1. The molecular weight excluding hydrogens is 390 g/mol. The topological polar surface area (TPSA) is 35.6 Å². The molecule has 1 atom stereocenters. The summed E-state index contributed by atoms with van der Waals surface area (Å²) >= 11 is 7.81. The first-order valence-corrected chi connectivity index (χ1v) is 11.3. The van der Waals surface area contributed by atoms with E-state index in [0.717, 1.165) is 37.5 Å². The summed E-state index contributed by atoms with van der Waals surface area (Å²) in [6, 6.07) is 16.7. The molecule has 0 aromatic heterocycles. The van der Waals surface area contributed by atoms with Gasteiger partial charge in [-0.2, -0.15) is 0 Å². The van der Waals surface area contributed by atoms with Gasteiger partial charge in [-0.25, -0.2) is 0 Å². The number of benzene rings is 2. The minimum absolute atomic E-state index is 0.0983. The molecular formula is C22H28ClN3OS. The van der Waals surface area contributed by atoms with E-state index in [2.05, 4.69) is 52.5 Å². The number of hydrogen-bond acceptors (Lipinski definition) is 4. The lowest BCUT2D eigenvalue weighted by molar-refractivity contribution is 0.0866. The van der Waals surface area contributed by atoms with Crippen molar-refractivity contribution in [2.75, 3.05) is 46.0 Å². The normalized spacial score (nSPS) is 18.2. The van der Waals surface area contributed by atoms with Crippen molar-refractivity contribution in [3.63, 3.8) is 0 Å². The van der Waals surface area contributed by atoms with Crippen molar-refractivity contribution in [1.29, 1.82) is 0 Å². The van der Waals surface area contributed by atoms with Crippen LogP contribution in [0.15, 0.2) is 53.4 Å². The van der Waals surface area contributed by atoms with E-state index in [4.69, 9.17) is 11.6 Å². The van der Waals surface area contributed by atoms with E-state index in [1.54, 1.807) is 17.8 Å². The van der Waals surface area contributed by atoms with E-state index in [9.17, 15) is 4.79 Å². The van der Waals surface area contributed by atoms with E-state index in [1.165, 1.54) is 5.56 Å². The second-order valence-corrected chi connectivity index (χ2v) is 8.47. The Morgan fingerprint density at radius 2 is 2.00 bits per heavy atom. The van der Waals surface area contributed by atoms with E-state index in [1.807, 2.05) is 18.4 Å². The molecule has 1 amide bonds. The van der Waals surface area contributed by atoms with Crippen molar-refractivity contribution in [2.24, 2.45) is 0 Å². The summed E-state index contributed by atoms with van der Waals surface area (Å²) < 4.78 is 0. The van der Waals surface area contributed by atoms with Gasteiger partial charge in [0.15, 0.2) is 0 Å². The van der Waals surface area contributed by atoms with Crippen LogP contribution < -0.4 is 5.32 Å². The van der Waals surface area contributed by atoms with Crippen LogP contribution in [0.3, 0.4) is 0 Å². The molecule has 1 aliphatic heterocycles. The highest BCUT2D eigenvalue weighted by Gasteiger charge is 2.26. The molecule has 0 unspecified atom stereocenters. The second kappa shape index (κ2) is 10.3. The van der Waals surface area contributed by atoms with Crippen LogP contribution in [0.1, 0.15) is 28.4 Å². The Morgan fingerprint density at radius 1 is 1.21 bits per heavy atom. The summed E-state index contributed by atoms with van der Waals surface area (Å²) in [7, 11) is 2.18. The second-order valence-electron chi connectivity index (χ2n) is 7.18. The van der Waals surface area contributed by atoms with Gasteiger partial charge in [-0.1, -0.05) is 41.9 Å². The maximum atomic E-state index is 12.5. The van der Waals surface area contributed by atoms with Crippen LogP contribution in [0, 0.1) is 0 Å². The Morgan fingerprint density at radius 3 is 2.75 bits per heavy atom. The number of carbonyl (C=O) groups is 1. The van der Waals surface area contributed by atoms with Gasteiger partial charge >= 0.3 is 0 Å². The van der Waals surface area contributed by atoms with Crippen molar-refractivity contribution in [1.82, 2.24) is 15.1 Å². The van der Waals surface area contributed by atoms with Crippen LogP contribution in [0.25, 0.3) is 0 Å². The van der Waals surface area contributed by atoms with E-state index < -0.39 is 0 Å². The molecule has 1 N–H and O–H groups in total. The first-order valence-electron chi connectivity index (χ1n) is 9.67. The van der Waals surface area contributed by atoms with Gasteiger partial charge in [-0.15, -0.1) is 11.8 Å². The zero-order valence-electron chi connectivity index (χ0n) is 16.5. The molecule has 1 fully saturated rings. The quantitative estimate of drug-likeness (QED) is 0.541. The smallest absolute Gasteiger partial charge is 0.252 e. The fourth-order valence-corrected chi connectivity index (χ4v) is 4.24. The summed E-state index contributed by atoms with van der Waals surface area (Å²) in [5.74, 6) is -0.0983. The molecule has 0 radical (unpaired) electrons. The molecule has 3 rings (SSSR count). The van der Waals surface area contributed by atoms with Crippen LogP contribution in [-0.4, -0.2) is 61.7 Å². The van der Waals surface area contributed by atoms with Crippen LogP contribution in [0.5, 0.6) is 0 Å². The highest BCUT2D eigenvalue weighted by molar-refractivity contribution is 7.98. The molecule has 1 heterocycles. The standard InChI is InChI=1S/C22H28ClN3OS/c1-25-13-14-26(21(16-25)17-7-4-3-5-8-17)12-6-11-24-22(27)19-15-18(28-2)9-10-20(19)23/h3-5,7-10,15,21H,6,11-14,16H2,1-2H3,(H,24,27)/t21-/m0/s1. The number of nitrogens with one attached hydrogen (secondary N) is 1. The van der Waals surface area contributed by atoms with E-state index in [0.29, 0.717) is 23.2 Å². The Bertz CT molecular complexity index is 787. The van der Waals surface area contributed by atoms with Gasteiger partial charge in [0.1, 0.15) is 0 Å². The molecule has 2 aromatic carbocycles. The number of hydrogen-bond donors (Lipinski definition) is 1. The van der Waals surface area contributed by atoms with Crippen molar-refractivity contribution >= 4 is 29.3 Å². The van der Waals surface area contributed by atoms with Crippen molar-refractivity contribution < 1.29 is 4.79 Å². The molecule has 2 aromatic rings. The van der Waals surface area contributed by atoms with Gasteiger partial charge in [0, 0.05) is 43.7 Å². The Labute approximate surface area is 177 Å². The number of likely N-dealkylation sites (N-methyl/N-ethyl adjacent to an activating group) is 1. The predicted molar refractivity (Wildman–Crippen MR) is 118 cm³/mol. The largest absolute Gasteiger partial charge is 0.352 e. The molecule has 4 nitrogen and oxygen atoms in total. The van der Waals surface area contributed by atoms with Crippen LogP contribution in [0.4, 0.5) is 0 Å². The molecule has 6 heteroatoms. The van der Waals surface area contributed by atoms with Gasteiger partial charge < -0.3 is 10.2 Å². The van der Waals surface area contributed by atoms with Gasteiger partial charge in [-0.3, -0.25) is 9.69 Å². The average molecular weight is 418 g/mol. The third-order valence-corrected chi connectivity index (χ3v) is 6.26. The third-order valence-electron chi connectivity index (χ3n) is 5.20. The first-order chi connectivity index (χ1) is 13.6. The minimum atomic E-state index is -0.0983. The zero-order valence-corrected chi connectivity index (χ0v) is 18.1. The molecule has 0 aliphatic carbocycles. The Kier molecular flexibility index (Phi) is 7.80. The van der Waals surface area contributed by atoms with Crippen molar-refractivity contribution in [3.05, 3.63) is 64.7 Å². The lowest BCUT2D eigenvalue weighted by Gasteiger charge is -2.40. The van der Waals surface area contributed by atoms with E-state index in [-0.39, 0.29) is 5.91 Å². The van der Waals surface area contributed by atoms with Gasteiger partial charge in [0.2, 0.25) is 0 Å². The Hall–Kier alpha value is -1.53.